The normalized spacial score (nSPS) is 15.7. The highest BCUT2D eigenvalue weighted by atomic mass is 16.5. The van der Waals surface area contributed by atoms with Crippen LogP contribution < -0.4 is 15.0 Å². The molecule has 0 saturated heterocycles. The largest absolute Gasteiger partial charge is 0.489 e. The van der Waals surface area contributed by atoms with E-state index in [2.05, 4.69) is 20.6 Å². The van der Waals surface area contributed by atoms with Crippen LogP contribution in [-0.2, 0) is 11.3 Å². The van der Waals surface area contributed by atoms with Gasteiger partial charge in [-0.2, -0.15) is 0 Å². The van der Waals surface area contributed by atoms with Gasteiger partial charge >= 0.3 is 0 Å². The van der Waals surface area contributed by atoms with Gasteiger partial charge in [0, 0.05) is 30.2 Å². The number of likely N-dealkylation sites (N-methyl/N-ethyl adjacent to an activating group) is 1. The average molecular weight is 428 g/mol. The Labute approximate surface area is 183 Å². The molecule has 1 aliphatic heterocycles. The second-order valence-corrected chi connectivity index (χ2v) is 7.53. The number of fused-ring (bicyclic) bond motifs is 3. The summed E-state index contributed by atoms with van der Waals surface area (Å²) in [4.78, 5) is 31.6. The van der Waals surface area contributed by atoms with Crippen molar-refractivity contribution >= 4 is 28.3 Å². The Bertz CT molecular complexity index is 1300. The topological polar surface area (TPSA) is 102 Å². The molecule has 0 aliphatic carbocycles. The second kappa shape index (κ2) is 8.10. The number of pyridine rings is 1. The van der Waals surface area contributed by atoms with Gasteiger partial charge in [-0.1, -0.05) is 35.5 Å². The summed E-state index contributed by atoms with van der Waals surface area (Å²) in [5.74, 6) is -0.192. The highest BCUT2D eigenvalue weighted by Gasteiger charge is 2.32. The number of hydrogen-bond acceptors (Lipinski definition) is 6. The second-order valence-electron chi connectivity index (χ2n) is 7.53. The first-order valence-corrected chi connectivity index (χ1v) is 10.1. The van der Waals surface area contributed by atoms with Crippen LogP contribution in [0.5, 0.6) is 5.75 Å². The van der Waals surface area contributed by atoms with Gasteiger partial charge in [0.15, 0.2) is 5.69 Å². The molecular formula is C23H20N6O3. The SMILES string of the molecule is CN1C(=O)[C@@H](NC(=O)c2cn(Cc3ccccc3)nn2)COc2ccc3cnccc3c21. The molecule has 2 aromatic carbocycles. The van der Waals surface area contributed by atoms with Crippen LogP contribution in [0.4, 0.5) is 5.69 Å². The summed E-state index contributed by atoms with van der Waals surface area (Å²) in [6, 6.07) is 14.4. The fraction of sp³-hybridized carbons (Fsp3) is 0.174. The van der Waals surface area contributed by atoms with Crippen molar-refractivity contribution in [1.29, 1.82) is 0 Å². The zero-order valence-electron chi connectivity index (χ0n) is 17.3. The molecule has 9 heteroatoms. The van der Waals surface area contributed by atoms with Crippen molar-refractivity contribution in [2.24, 2.45) is 0 Å². The lowest BCUT2D eigenvalue weighted by Gasteiger charge is -2.21. The summed E-state index contributed by atoms with van der Waals surface area (Å²) in [5.41, 5.74) is 1.83. The Morgan fingerprint density at radius 3 is 2.88 bits per heavy atom. The first-order valence-electron chi connectivity index (χ1n) is 10.1. The van der Waals surface area contributed by atoms with Crippen LogP contribution in [0.1, 0.15) is 16.1 Å². The quantitative estimate of drug-likeness (QED) is 0.534. The maximum absolute atomic E-state index is 13.1. The van der Waals surface area contributed by atoms with Crippen molar-refractivity contribution in [3.63, 3.8) is 0 Å². The van der Waals surface area contributed by atoms with Gasteiger partial charge in [0.05, 0.1) is 18.4 Å². The molecule has 0 unspecified atom stereocenters. The summed E-state index contributed by atoms with van der Waals surface area (Å²) < 4.78 is 7.47. The smallest absolute Gasteiger partial charge is 0.274 e. The van der Waals surface area contributed by atoms with Gasteiger partial charge in [-0.05, 0) is 23.8 Å². The number of amides is 2. The van der Waals surface area contributed by atoms with Crippen molar-refractivity contribution in [1.82, 2.24) is 25.3 Å². The molecule has 1 aliphatic rings. The van der Waals surface area contributed by atoms with Crippen molar-refractivity contribution < 1.29 is 14.3 Å². The van der Waals surface area contributed by atoms with Crippen molar-refractivity contribution in [3.05, 3.63) is 78.4 Å². The molecule has 0 radical (unpaired) electrons. The molecule has 3 heterocycles. The predicted octanol–water partition coefficient (Wildman–Crippen LogP) is 2.03. The van der Waals surface area contributed by atoms with E-state index in [0.29, 0.717) is 18.0 Å². The van der Waals surface area contributed by atoms with Gasteiger partial charge in [-0.15, -0.1) is 5.10 Å². The fourth-order valence-electron chi connectivity index (χ4n) is 3.77. The molecule has 1 atom stereocenters. The minimum atomic E-state index is -0.865. The van der Waals surface area contributed by atoms with Crippen molar-refractivity contribution in [2.45, 2.75) is 12.6 Å². The third kappa shape index (κ3) is 3.64. The molecule has 0 saturated carbocycles. The number of carbonyl (C=O) groups is 2. The number of benzene rings is 2. The molecule has 160 valence electrons. The number of rotatable bonds is 4. The van der Waals surface area contributed by atoms with Gasteiger partial charge < -0.3 is 15.0 Å². The first kappa shape index (κ1) is 19.7. The number of nitrogens with zero attached hydrogens (tertiary/aromatic N) is 5. The average Bonchev–Trinajstić information content (AvgIpc) is 3.25. The third-order valence-corrected chi connectivity index (χ3v) is 5.39. The van der Waals surface area contributed by atoms with E-state index < -0.39 is 11.9 Å². The standard InChI is InChI=1S/C23H20N6O3/c1-28-21-17-9-10-24-11-16(17)7-8-20(21)32-14-19(23(28)31)25-22(30)18-13-29(27-26-18)12-15-5-3-2-4-6-15/h2-11,13,19H,12,14H2,1H3,(H,25,30)/t19-/m0/s1. The zero-order valence-corrected chi connectivity index (χ0v) is 17.3. The highest BCUT2D eigenvalue weighted by Crippen LogP contribution is 2.37. The Kier molecular flexibility index (Phi) is 4.98. The Balaban J connectivity index is 1.33. The first-order chi connectivity index (χ1) is 15.6. The van der Waals surface area contributed by atoms with E-state index in [1.807, 2.05) is 48.5 Å². The van der Waals surface area contributed by atoms with E-state index in [9.17, 15) is 9.59 Å². The van der Waals surface area contributed by atoms with E-state index in [4.69, 9.17) is 4.74 Å². The van der Waals surface area contributed by atoms with Gasteiger partial charge in [-0.3, -0.25) is 14.6 Å². The van der Waals surface area contributed by atoms with E-state index in [0.717, 1.165) is 16.3 Å². The van der Waals surface area contributed by atoms with Crippen LogP contribution in [0.25, 0.3) is 10.8 Å². The molecule has 9 nitrogen and oxygen atoms in total. The molecule has 0 spiro atoms. The summed E-state index contributed by atoms with van der Waals surface area (Å²) in [6.07, 6.45) is 4.96. The van der Waals surface area contributed by atoms with E-state index in [1.54, 1.807) is 30.3 Å². The van der Waals surface area contributed by atoms with Crippen LogP contribution in [0.15, 0.2) is 67.1 Å². The van der Waals surface area contributed by atoms with Gasteiger partial charge in [0.2, 0.25) is 0 Å². The number of ether oxygens (including phenoxy) is 1. The number of nitrogens with one attached hydrogen (secondary N) is 1. The molecule has 4 aromatic rings. The molecule has 5 rings (SSSR count). The van der Waals surface area contributed by atoms with E-state index >= 15 is 0 Å². The summed E-state index contributed by atoms with van der Waals surface area (Å²) >= 11 is 0. The minimum Gasteiger partial charge on any atom is -0.489 e. The Morgan fingerprint density at radius 1 is 1.19 bits per heavy atom. The maximum Gasteiger partial charge on any atom is 0.274 e. The lowest BCUT2D eigenvalue weighted by Crippen LogP contribution is -2.49. The molecule has 2 aromatic heterocycles. The Hall–Kier alpha value is -4.27. The van der Waals surface area contributed by atoms with Crippen LogP contribution in [0.3, 0.4) is 0 Å². The lowest BCUT2D eigenvalue weighted by atomic mass is 10.1. The van der Waals surface area contributed by atoms with Crippen LogP contribution in [0, 0.1) is 0 Å². The van der Waals surface area contributed by atoms with E-state index in [-0.39, 0.29) is 18.2 Å². The molecular weight excluding hydrogens is 408 g/mol. The van der Waals surface area contributed by atoms with Crippen LogP contribution in [-0.4, -0.2) is 51.5 Å². The summed E-state index contributed by atoms with van der Waals surface area (Å²) in [5, 5.41) is 12.5. The number of anilines is 1. The number of aromatic nitrogens is 4. The lowest BCUT2D eigenvalue weighted by molar-refractivity contribution is -0.120. The molecule has 32 heavy (non-hydrogen) atoms. The predicted molar refractivity (Wildman–Crippen MR) is 117 cm³/mol. The van der Waals surface area contributed by atoms with Gasteiger partial charge in [0.1, 0.15) is 18.4 Å². The van der Waals surface area contributed by atoms with Crippen LogP contribution in [0.2, 0.25) is 0 Å². The number of hydrogen-bond donors (Lipinski definition) is 1. The molecule has 0 fully saturated rings. The van der Waals surface area contributed by atoms with Gasteiger partial charge in [-0.25, -0.2) is 4.68 Å². The monoisotopic (exact) mass is 428 g/mol. The maximum atomic E-state index is 13.1. The zero-order chi connectivity index (χ0) is 22.1. The highest BCUT2D eigenvalue weighted by molar-refractivity contribution is 6.09. The number of carbonyl (C=O) groups excluding carboxylic acids is 2. The Morgan fingerprint density at radius 2 is 2.03 bits per heavy atom. The van der Waals surface area contributed by atoms with Gasteiger partial charge in [0.25, 0.3) is 11.8 Å². The van der Waals surface area contributed by atoms with Crippen molar-refractivity contribution in [3.8, 4) is 5.75 Å². The van der Waals surface area contributed by atoms with E-state index in [1.165, 1.54) is 4.90 Å². The summed E-state index contributed by atoms with van der Waals surface area (Å²) in [7, 11) is 1.67. The molecule has 2 amide bonds. The van der Waals surface area contributed by atoms with Crippen molar-refractivity contribution in [2.75, 3.05) is 18.6 Å². The molecule has 0 bridgehead atoms. The summed E-state index contributed by atoms with van der Waals surface area (Å²) in [6.45, 7) is 0.503. The third-order valence-electron chi connectivity index (χ3n) is 5.39. The minimum absolute atomic E-state index is 0.0106. The van der Waals surface area contributed by atoms with Crippen LogP contribution >= 0.6 is 0 Å². The fourth-order valence-corrected chi connectivity index (χ4v) is 3.77. The molecule has 1 N–H and O–H groups in total.